The van der Waals surface area contributed by atoms with Gasteiger partial charge in [0.05, 0.1) is 0 Å². The van der Waals surface area contributed by atoms with Crippen molar-refractivity contribution >= 4 is 10.3 Å². The standard InChI is InChI=1S/C11H15NO3S/c13-16(14,12-9-5-2-6-10-12)15-11-7-3-1-4-8-11/h1,3-4,7-8H,2,5-6,9-10H2. The molecular weight excluding hydrogens is 226 g/mol. The third kappa shape index (κ3) is 2.74. The van der Waals surface area contributed by atoms with Crippen LogP contribution in [0.5, 0.6) is 5.75 Å². The maximum Gasteiger partial charge on any atom is 0.385 e. The SMILES string of the molecule is O=S(=O)(Oc1ccccc1)N1CCCCC1. The summed E-state index contributed by atoms with van der Waals surface area (Å²) in [6.45, 7) is 1.13. The fourth-order valence-electron chi connectivity index (χ4n) is 1.74. The van der Waals surface area contributed by atoms with Crippen LogP contribution in [-0.2, 0) is 10.3 Å². The van der Waals surface area contributed by atoms with Crippen LogP contribution in [0.2, 0.25) is 0 Å². The van der Waals surface area contributed by atoms with Gasteiger partial charge in [0.1, 0.15) is 5.75 Å². The second-order valence-electron chi connectivity index (χ2n) is 3.81. The van der Waals surface area contributed by atoms with Gasteiger partial charge in [-0.1, -0.05) is 24.6 Å². The Morgan fingerprint density at radius 3 is 2.25 bits per heavy atom. The van der Waals surface area contributed by atoms with Crippen molar-refractivity contribution in [3.05, 3.63) is 30.3 Å². The molecule has 0 saturated carbocycles. The molecule has 1 aliphatic heterocycles. The van der Waals surface area contributed by atoms with Crippen LogP contribution in [-0.4, -0.2) is 25.8 Å². The molecule has 4 nitrogen and oxygen atoms in total. The van der Waals surface area contributed by atoms with E-state index < -0.39 is 10.3 Å². The number of para-hydroxylation sites is 1. The molecule has 0 spiro atoms. The predicted molar refractivity (Wildman–Crippen MR) is 61.4 cm³/mol. The number of rotatable bonds is 3. The lowest BCUT2D eigenvalue weighted by Gasteiger charge is -2.24. The fraction of sp³-hybridized carbons (Fsp3) is 0.455. The molecule has 1 saturated heterocycles. The van der Waals surface area contributed by atoms with Crippen molar-refractivity contribution in [2.24, 2.45) is 0 Å². The lowest BCUT2D eigenvalue weighted by atomic mass is 10.2. The summed E-state index contributed by atoms with van der Waals surface area (Å²) in [4.78, 5) is 0. The van der Waals surface area contributed by atoms with E-state index in [1.165, 1.54) is 4.31 Å². The molecule has 0 aliphatic carbocycles. The van der Waals surface area contributed by atoms with Crippen molar-refractivity contribution in [2.75, 3.05) is 13.1 Å². The first-order chi connectivity index (χ1) is 7.68. The summed E-state index contributed by atoms with van der Waals surface area (Å²) in [5, 5.41) is 0. The van der Waals surface area contributed by atoms with Crippen LogP contribution in [0.3, 0.4) is 0 Å². The summed E-state index contributed by atoms with van der Waals surface area (Å²) in [5.74, 6) is 0.369. The third-order valence-corrected chi connectivity index (χ3v) is 3.98. The van der Waals surface area contributed by atoms with Gasteiger partial charge in [0.15, 0.2) is 0 Å². The van der Waals surface area contributed by atoms with Gasteiger partial charge >= 0.3 is 10.3 Å². The Bertz CT molecular complexity index is 424. The maximum absolute atomic E-state index is 11.9. The number of benzene rings is 1. The summed E-state index contributed by atoms with van der Waals surface area (Å²) in [6, 6.07) is 8.60. The molecule has 0 bridgehead atoms. The van der Waals surface area contributed by atoms with E-state index in [2.05, 4.69) is 0 Å². The molecule has 2 rings (SSSR count). The van der Waals surface area contributed by atoms with Crippen LogP contribution in [0.1, 0.15) is 19.3 Å². The third-order valence-electron chi connectivity index (χ3n) is 2.58. The van der Waals surface area contributed by atoms with Crippen molar-refractivity contribution < 1.29 is 12.6 Å². The molecule has 88 valence electrons. The Labute approximate surface area is 96.1 Å². The van der Waals surface area contributed by atoms with Crippen molar-refractivity contribution in [2.45, 2.75) is 19.3 Å². The number of nitrogens with zero attached hydrogens (tertiary/aromatic N) is 1. The Balaban J connectivity index is 2.08. The van der Waals surface area contributed by atoms with Crippen LogP contribution in [0.25, 0.3) is 0 Å². The predicted octanol–water partition coefficient (Wildman–Crippen LogP) is 1.80. The molecule has 16 heavy (non-hydrogen) atoms. The molecule has 0 amide bonds. The summed E-state index contributed by atoms with van der Waals surface area (Å²) < 4.78 is 30.2. The summed E-state index contributed by atoms with van der Waals surface area (Å²) in [6.07, 6.45) is 2.92. The first-order valence-electron chi connectivity index (χ1n) is 5.43. The van der Waals surface area contributed by atoms with E-state index in [-0.39, 0.29) is 0 Å². The van der Waals surface area contributed by atoms with Gasteiger partial charge in [-0.3, -0.25) is 0 Å². The zero-order chi connectivity index (χ0) is 11.4. The van der Waals surface area contributed by atoms with Gasteiger partial charge in [0.2, 0.25) is 0 Å². The summed E-state index contributed by atoms with van der Waals surface area (Å²) in [7, 11) is -3.60. The van der Waals surface area contributed by atoms with Crippen LogP contribution in [0, 0.1) is 0 Å². The molecule has 1 heterocycles. The Kier molecular flexibility index (Phi) is 3.46. The number of piperidine rings is 1. The van der Waals surface area contributed by atoms with E-state index in [9.17, 15) is 8.42 Å². The molecule has 0 aromatic heterocycles. The van der Waals surface area contributed by atoms with Gasteiger partial charge < -0.3 is 4.18 Å². The van der Waals surface area contributed by atoms with E-state index in [1.54, 1.807) is 24.3 Å². The molecule has 0 atom stereocenters. The largest absolute Gasteiger partial charge is 0.385 e. The lowest BCUT2D eigenvalue weighted by molar-refractivity contribution is 0.312. The average molecular weight is 241 g/mol. The topological polar surface area (TPSA) is 46.6 Å². The fourth-order valence-corrected chi connectivity index (χ4v) is 2.90. The monoisotopic (exact) mass is 241 g/mol. The van der Waals surface area contributed by atoms with E-state index in [4.69, 9.17) is 4.18 Å². The molecule has 0 N–H and O–H groups in total. The molecule has 1 fully saturated rings. The second kappa shape index (κ2) is 4.84. The molecule has 0 unspecified atom stereocenters. The van der Waals surface area contributed by atoms with Crippen molar-refractivity contribution in [1.82, 2.24) is 4.31 Å². The summed E-state index contributed by atoms with van der Waals surface area (Å²) in [5.41, 5.74) is 0. The van der Waals surface area contributed by atoms with Gasteiger partial charge in [-0.15, -0.1) is 0 Å². The van der Waals surface area contributed by atoms with Crippen molar-refractivity contribution in [3.63, 3.8) is 0 Å². The van der Waals surface area contributed by atoms with Crippen LogP contribution >= 0.6 is 0 Å². The first kappa shape index (κ1) is 11.4. The van der Waals surface area contributed by atoms with Gasteiger partial charge in [0, 0.05) is 13.1 Å². The van der Waals surface area contributed by atoms with Crippen LogP contribution < -0.4 is 4.18 Å². The quantitative estimate of drug-likeness (QED) is 0.810. The van der Waals surface area contributed by atoms with Crippen molar-refractivity contribution in [1.29, 1.82) is 0 Å². The zero-order valence-corrected chi connectivity index (χ0v) is 9.82. The highest BCUT2D eigenvalue weighted by Gasteiger charge is 2.25. The van der Waals surface area contributed by atoms with Crippen molar-refractivity contribution in [3.8, 4) is 5.75 Å². The smallest absolute Gasteiger partial charge is 0.371 e. The Morgan fingerprint density at radius 2 is 1.62 bits per heavy atom. The molecule has 1 aliphatic rings. The average Bonchev–Trinajstić information content (AvgIpc) is 2.31. The van der Waals surface area contributed by atoms with Gasteiger partial charge in [-0.2, -0.15) is 12.7 Å². The van der Waals surface area contributed by atoms with E-state index in [0.29, 0.717) is 18.8 Å². The van der Waals surface area contributed by atoms with Gasteiger partial charge in [0.25, 0.3) is 0 Å². The normalized spacial score (nSPS) is 18.2. The molecule has 1 aromatic rings. The minimum absolute atomic E-state index is 0.369. The van der Waals surface area contributed by atoms with Gasteiger partial charge in [-0.25, -0.2) is 0 Å². The Morgan fingerprint density at radius 1 is 1.00 bits per heavy atom. The first-order valence-corrected chi connectivity index (χ1v) is 6.79. The van der Waals surface area contributed by atoms with Crippen LogP contribution in [0.15, 0.2) is 30.3 Å². The number of hydrogen-bond acceptors (Lipinski definition) is 3. The molecular formula is C11H15NO3S. The Hall–Kier alpha value is -1.07. The minimum Gasteiger partial charge on any atom is -0.371 e. The molecule has 1 aromatic carbocycles. The second-order valence-corrected chi connectivity index (χ2v) is 5.35. The van der Waals surface area contributed by atoms with E-state index >= 15 is 0 Å². The lowest BCUT2D eigenvalue weighted by Crippen LogP contribution is -2.38. The van der Waals surface area contributed by atoms with Crippen LogP contribution in [0.4, 0.5) is 0 Å². The van der Waals surface area contributed by atoms with Gasteiger partial charge in [-0.05, 0) is 25.0 Å². The summed E-state index contributed by atoms with van der Waals surface area (Å²) >= 11 is 0. The molecule has 0 radical (unpaired) electrons. The zero-order valence-electron chi connectivity index (χ0n) is 9.00. The highest BCUT2D eigenvalue weighted by Crippen LogP contribution is 2.17. The molecule has 5 heteroatoms. The minimum atomic E-state index is -3.60. The van der Waals surface area contributed by atoms with E-state index in [1.807, 2.05) is 6.07 Å². The highest BCUT2D eigenvalue weighted by atomic mass is 32.2. The maximum atomic E-state index is 11.9. The van der Waals surface area contributed by atoms with E-state index in [0.717, 1.165) is 19.3 Å². The number of hydrogen-bond donors (Lipinski definition) is 0. The highest BCUT2D eigenvalue weighted by molar-refractivity contribution is 7.84.